The highest BCUT2D eigenvalue weighted by atomic mass is 35.5. The molecule has 0 aliphatic carbocycles. The Morgan fingerprint density at radius 1 is 1.11 bits per heavy atom. The Bertz CT molecular complexity index is 641. The maximum Gasteiger partial charge on any atom is 0.166 e. The molecular weight excluding hydrogens is 290 g/mol. The Morgan fingerprint density at radius 2 is 1.84 bits per heavy atom. The van der Waals surface area contributed by atoms with E-state index in [2.05, 4.69) is 0 Å². The first-order valence-corrected chi connectivity index (χ1v) is 6.16. The maximum absolute atomic E-state index is 13.7. The molecule has 2 aromatic carbocycles. The Labute approximate surface area is 119 Å². The van der Waals surface area contributed by atoms with Gasteiger partial charge in [0.2, 0.25) is 0 Å². The molecule has 0 aromatic heterocycles. The molecule has 0 heterocycles. The lowest BCUT2D eigenvalue weighted by Crippen LogP contribution is -1.95. The van der Waals surface area contributed by atoms with Crippen molar-refractivity contribution in [1.29, 1.82) is 0 Å². The van der Waals surface area contributed by atoms with E-state index in [0.29, 0.717) is 21.4 Å². The molecule has 2 nitrogen and oxygen atoms in total. The minimum absolute atomic E-state index is 0.0170. The van der Waals surface area contributed by atoms with Gasteiger partial charge in [0.15, 0.2) is 17.3 Å². The SMILES string of the molecule is CC(=O)c1ccc(Oc2ccc(Cl)c(Cl)c2)c(F)c1. The number of hydrogen-bond donors (Lipinski definition) is 0. The molecule has 98 valence electrons. The molecule has 2 rings (SSSR count). The summed E-state index contributed by atoms with van der Waals surface area (Å²) in [7, 11) is 0. The van der Waals surface area contributed by atoms with Gasteiger partial charge >= 0.3 is 0 Å². The summed E-state index contributed by atoms with van der Waals surface area (Å²) in [5, 5.41) is 0.710. The normalized spacial score (nSPS) is 10.3. The highest BCUT2D eigenvalue weighted by Gasteiger charge is 2.09. The highest BCUT2D eigenvalue weighted by molar-refractivity contribution is 6.42. The van der Waals surface area contributed by atoms with E-state index in [1.165, 1.54) is 25.1 Å². The number of ketones is 1. The molecule has 19 heavy (non-hydrogen) atoms. The van der Waals surface area contributed by atoms with Gasteiger partial charge in [0, 0.05) is 11.6 Å². The van der Waals surface area contributed by atoms with Gasteiger partial charge in [-0.2, -0.15) is 0 Å². The van der Waals surface area contributed by atoms with Crippen LogP contribution in [-0.2, 0) is 0 Å². The third-order valence-corrected chi connectivity index (χ3v) is 3.20. The molecule has 0 aliphatic heterocycles. The quantitative estimate of drug-likeness (QED) is 0.735. The lowest BCUT2D eigenvalue weighted by molar-refractivity contribution is 0.101. The summed E-state index contributed by atoms with van der Waals surface area (Å²) < 4.78 is 19.1. The number of halogens is 3. The topological polar surface area (TPSA) is 26.3 Å². The molecule has 0 radical (unpaired) electrons. The second-order valence-corrected chi connectivity index (χ2v) is 4.69. The summed E-state index contributed by atoms with van der Waals surface area (Å²) in [5.41, 5.74) is 0.291. The fraction of sp³-hybridized carbons (Fsp3) is 0.0714. The molecule has 0 amide bonds. The Balaban J connectivity index is 2.28. The van der Waals surface area contributed by atoms with Crippen molar-refractivity contribution < 1.29 is 13.9 Å². The largest absolute Gasteiger partial charge is 0.454 e. The molecule has 0 spiro atoms. The van der Waals surface area contributed by atoms with Crippen LogP contribution in [0.2, 0.25) is 10.0 Å². The Morgan fingerprint density at radius 3 is 2.42 bits per heavy atom. The van der Waals surface area contributed by atoms with Crippen LogP contribution in [0, 0.1) is 5.82 Å². The summed E-state index contributed by atoms with van der Waals surface area (Å²) in [5.74, 6) is -0.439. The molecular formula is C14H9Cl2FO2. The van der Waals surface area contributed by atoms with Crippen molar-refractivity contribution in [3.05, 3.63) is 57.8 Å². The third kappa shape index (κ3) is 3.25. The van der Waals surface area contributed by atoms with Gasteiger partial charge in [-0.15, -0.1) is 0 Å². The van der Waals surface area contributed by atoms with E-state index in [1.54, 1.807) is 12.1 Å². The van der Waals surface area contributed by atoms with Crippen LogP contribution in [0.15, 0.2) is 36.4 Å². The van der Waals surface area contributed by atoms with E-state index in [1.807, 2.05) is 0 Å². The first kappa shape index (κ1) is 13.8. The van der Waals surface area contributed by atoms with Crippen LogP contribution in [0.25, 0.3) is 0 Å². The van der Waals surface area contributed by atoms with E-state index in [4.69, 9.17) is 27.9 Å². The zero-order valence-electron chi connectivity index (χ0n) is 9.91. The molecule has 0 atom stereocenters. The standard InChI is InChI=1S/C14H9Cl2FO2/c1-8(18)9-2-5-14(13(17)6-9)19-10-3-4-11(15)12(16)7-10/h2-7H,1H3. The van der Waals surface area contributed by atoms with Gasteiger partial charge in [0.1, 0.15) is 5.75 Å². The average molecular weight is 299 g/mol. The van der Waals surface area contributed by atoms with Gasteiger partial charge < -0.3 is 4.74 Å². The number of carbonyl (C=O) groups is 1. The number of Topliss-reactive ketones (excluding diaryl/α,β-unsaturated/α-hetero) is 1. The van der Waals surface area contributed by atoms with E-state index in [-0.39, 0.29) is 11.5 Å². The van der Waals surface area contributed by atoms with Crippen LogP contribution < -0.4 is 4.74 Å². The molecule has 5 heteroatoms. The molecule has 0 bridgehead atoms. The van der Waals surface area contributed by atoms with E-state index < -0.39 is 5.82 Å². The van der Waals surface area contributed by atoms with E-state index in [9.17, 15) is 9.18 Å². The van der Waals surface area contributed by atoms with Crippen molar-refractivity contribution >= 4 is 29.0 Å². The van der Waals surface area contributed by atoms with Crippen molar-refractivity contribution in [1.82, 2.24) is 0 Å². The van der Waals surface area contributed by atoms with Crippen LogP contribution >= 0.6 is 23.2 Å². The van der Waals surface area contributed by atoms with Gasteiger partial charge in [0.25, 0.3) is 0 Å². The van der Waals surface area contributed by atoms with Crippen LogP contribution in [-0.4, -0.2) is 5.78 Å². The number of hydrogen-bond acceptors (Lipinski definition) is 2. The predicted molar refractivity (Wildman–Crippen MR) is 72.9 cm³/mol. The van der Waals surface area contributed by atoms with Crippen molar-refractivity contribution in [2.75, 3.05) is 0 Å². The maximum atomic E-state index is 13.7. The third-order valence-electron chi connectivity index (χ3n) is 2.46. The van der Waals surface area contributed by atoms with Crippen molar-refractivity contribution in [2.45, 2.75) is 6.92 Å². The van der Waals surface area contributed by atoms with Crippen LogP contribution in [0.4, 0.5) is 4.39 Å². The smallest absolute Gasteiger partial charge is 0.166 e. The minimum Gasteiger partial charge on any atom is -0.454 e. The predicted octanol–water partition coefficient (Wildman–Crippen LogP) is 5.13. The highest BCUT2D eigenvalue weighted by Crippen LogP contribution is 2.30. The van der Waals surface area contributed by atoms with Crippen molar-refractivity contribution in [3.63, 3.8) is 0 Å². The lowest BCUT2D eigenvalue weighted by Gasteiger charge is -2.08. The molecule has 0 unspecified atom stereocenters. The molecule has 0 saturated heterocycles. The zero-order valence-corrected chi connectivity index (χ0v) is 11.4. The lowest BCUT2D eigenvalue weighted by atomic mass is 10.1. The zero-order chi connectivity index (χ0) is 14.0. The van der Waals surface area contributed by atoms with Gasteiger partial charge in [-0.3, -0.25) is 4.79 Å². The summed E-state index contributed by atoms with van der Waals surface area (Å²) in [6, 6.07) is 8.65. The fourth-order valence-electron chi connectivity index (χ4n) is 1.47. The Hall–Kier alpha value is -1.58. The first-order chi connectivity index (χ1) is 8.97. The summed E-state index contributed by atoms with van der Waals surface area (Å²) in [6.45, 7) is 1.37. The molecule has 2 aromatic rings. The van der Waals surface area contributed by atoms with Crippen molar-refractivity contribution in [3.8, 4) is 11.5 Å². The average Bonchev–Trinajstić information content (AvgIpc) is 2.36. The Kier molecular flexibility index (Phi) is 4.08. The summed E-state index contributed by atoms with van der Waals surface area (Å²) in [6.07, 6.45) is 0. The number of carbonyl (C=O) groups excluding carboxylic acids is 1. The van der Waals surface area contributed by atoms with Gasteiger partial charge in [-0.05, 0) is 37.3 Å². The number of ether oxygens (including phenoxy) is 1. The van der Waals surface area contributed by atoms with E-state index in [0.717, 1.165) is 6.07 Å². The number of rotatable bonds is 3. The van der Waals surface area contributed by atoms with Gasteiger partial charge in [0.05, 0.1) is 10.0 Å². The molecule has 0 saturated carbocycles. The summed E-state index contributed by atoms with van der Waals surface area (Å²) >= 11 is 11.6. The van der Waals surface area contributed by atoms with Crippen LogP contribution in [0.1, 0.15) is 17.3 Å². The van der Waals surface area contributed by atoms with E-state index >= 15 is 0 Å². The van der Waals surface area contributed by atoms with Crippen LogP contribution in [0.5, 0.6) is 11.5 Å². The second-order valence-electron chi connectivity index (χ2n) is 3.88. The summed E-state index contributed by atoms with van der Waals surface area (Å²) in [4.78, 5) is 11.1. The monoisotopic (exact) mass is 298 g/mol. The molecule has 0 aliphatic rings. The fourth-order valence-corrected chi connectivity index (χ4v) is 1.76. The molecule has 0 N–H and O–H groups in total. The van der Waals surface area contributed by atoms with Gasteiger partial charge in [-0.25, -0.2) is 4.39 Å². The van der Waals surface area contributed by atoms with Crippen LogP contribution in [0.3, 0.4) is 0 Å². The second kappa shape index (κ2) is 5.59. The molecule has 0 fully saturated rings. The van der Waals surface area contributed by atoms with Gasteiger partial charge in [-0.1, -0.05) is 23.2 Å². The minimum atomic E-state index is -0.612. The number of benzene rings is 2. The van der Waals surface area contributed by atoms with Crippen molar-refractivity contribution in [2.24, 2.45) is 0 Å². The first-order valence-electron chi connectivity index (χ1n) is 5.41.